The van der Waals surface area contributed by atoms with Crippen LogP contribution in [-0.4, -0.2) is 39.7 Å². The summed E-state index contributed by atoms with van der Waals surface area (Å²) in [5, 5.41) is 2.20. The van der Waals surface area contributed by atoms with E-state index >= 15 is 0 Å². The Bertz CT molecular complexity index is 568. The molecule has 1 saturated heterocycles. The normalized spacial score (nSPS) is 18.1. The van der Waals surface area contributed by atoms with Crippen LogP contribution in [-0.2, 0) is 9.59 Å². The fraction of sp³-hybridized carbons (Fsp3) is 0.333. The summed E-state index contributed by atoms with van der Waals surface area (Å²) in [6.45, 7) is 2.95. The first-order chi connectivity index (χ1) is 8.84. The highest BCUT2D eigenvalue weighted by atomic mass is 16.2. The molecule has 0 spiro atoms. The molecule has 0 bridgehead atoms. The van der Waals surface area contributed by atoms with Crippen molar-refractivity contribution in [2.24, 2.45) is 0 Å². The maximum absolute atomic E-state index is 12.4. The molecule has 1 aromatic rings. The van der Waals surface area contributed by atoms with E-state index in [1.807, 2.05) is 0 Å². The molecule has 19 heavy (non-hydrogen) atoms. The number of nitrogens with zero attached hydrogens (tertiary/aromatic N) is 2. The minimum atomic E-state index is -1.12. The maximum Gasteiger partial charge on any atom is 0.258 e. The zero-order chi connectivity index (χ0) is 14.2. The van der Waals surface area contributed by atoms with Crippen LogP contribution in [0, 0.1) is 0 Å². The smallest absolute Gasteiger partial charge is 0.258 e. The Labute approximate surface area is 109 Å². The predicted octanol–water partition coefficient (Wildman–Crippen LogP) is -0.459. The van der Waals surface area contributed by atoms with Crippen molar-refractivity contribution in [1.29, 1.82) is 0 Å². The van der Waals surface area contributed by atoms with Crippen molar-refractivity contribution in [3.63, 3.8) is 0 Å². The van der Waals surface area contributed by atoms with Crippen LogP contribution in [0.1, 0.15) is 24.2 Å². The van der Waals surface area contributed by atoms with E-state index in [0.717, 1.165) is 0 Å². The van der Waals surface area contributed by atoms with E-state index in [2.05, 4.69) is 10.3 Å². The van der Waals surface area contributed by atoms with Gasteiger partial charge in [-0.2, -0.15) is 0 Å². The van der Waals surface area contributed by atoms with Gasteiger partial charge in [-0.1, -0.05) is 0 Å². The Morgan fingerprint density at radius 3 is 2.79 bits per heavy atom. The molecule has 0 atom stereocenters. The summed E-state index contributed by atoms with van der Waals surface area (Å²) < 4.78 is 0. The third-order valence-corrected chi connectivity index (χ3v) is 3.10. The lowest BCUT2D eigenvalue weighted by Crippen LogP contribution is -2.65. The molecule has 100 valence electrons. The van der Waals surface area contributed by atoms with E-state index in [4.69, 9.17) is 5.73 Å². The molecule has 1 aliphatic heterocycles. The number of carbonyl (C=O) groups is 3. The molecule has 2 rings (SSSR count). The monoisotopic (exact) mass is 262 g/mol. The summed E-state index contributed by atoms with van der Waals surface area (Å²) in [6.07, 6.45) is 1.46. The van der Waals surface area contributed by atoms with Gasteiger partial charge in [0.15, 0.2) is 0 Å². The first kappa shape index (κ1) is 13.0. The van der Waals surface area contributed by atoms with E-state index in [-0.39, 0.29) is 17.9 Å². The van der Waals surface area contributed by atoms with Gasteiger partial charge in [0.05, 0.1) is 5.56 Å². The number of hydrogen-bond acceptors (Lipinski definition) is 5. The average Bonchev–Trinajstić information content (AvgIpc) is 2.34. The molecule has 0 saturated carbocycles. The van der Waals surface area contributed by atoms with E-state index in [0.29, 0.717) is 0 Å². The number of rotatable bonds is 1. The minimum Gasteiger partial charge on any atom is -0.383 e. The molecule has 2 heterocycles. The van der Waals surface area contributed by atoms with Crippen molar-refractivity contribution in [2.75, 3.05) is 12.3 Å². The SMILES string of the molecule is CC1(C)C(=O)NC(=O)CN1C(=O)c1cccnc1N. The number of pyridine rings is 1. The molecule has 1 aliphatic rings. The predicted molar refractivity (Wildman–Crippen MR) is 66.9 cm³/mol. The Morgan fingerprint density at radius 2 is 2.16 bits per heavy atom. The Hall–Kier alpha value is -2.44. The summed E-state index contributed by atoms with van der Waals surface area (Å²) in [5.41, 5.74) is 4.70. The number of aromatic nitrogens is 1. The third-order valence-electron chi connectivity index (χ3n) is 3.10. The van der Waals surface area contributed by atoms with Crippen LogP contribution in [0.3, 0.4) is 0 Å². The van der Waals surface area contributed by atoms with Gasteiger partial charge in [-0.3, -0.25) is 19.7 Å². The summed E-state index contributed by atoms with van der Waals surface area (Å²) in [7, 11) is 0. The van der Waals surface area contributed by atoms with Gasteiger partial charge in [0.25, 0.3) is 11.8 Å². The van der Waals surface area contributed by atoms with Crippen molar-refractivity contribution < 1.29 is 14.4 Å². The maximum atomic E-state index is 12.4. The number of nitrogen functional groups attached to an aromatic ring is 1. The van der Waals surface area contributed by atoms with Gasteiger partial charge < -0.3 is 10.6 Å². The number of amides is 3. The minimum absolute atomic E-state index is 0.0710. The number of anilines is 1. The topological polar surface area (TPSA) is 105 Å². The first-order valence-electron chi connectivity index (χ1n) is 5.71. The van der Waals surface area contributed by atoms with Gasteiger partial charge in [-0.05, 0) is 26.0 Å². The molecule has 7 heteroatoms. The van der Waals surface area contributed by atoms with Crippen molar-refractivity contribution in [1.82, 2.24) is 15.2 Å². The number of piperazine rings is 1. The number of nitrogens with one attached hydrogen (secondary N) is 1. The zero-order valence-corrected chi connectivity index (χ0v) is 10.6. The van der Waals surface area contributed by atoms with Gasteiger partial charge in [-0.15, -0.1) is 0 Å². The molecule has 1 fully saturated rings. The van der Waals surface area contributed by atoms with Crippen LogP contribution in [0.25, 0.3) is 0 Å². The highest BCUT2D eigenvalue weighted by molar-refractivity contribution is 6.09. The van der Waals surface area contributed by atoms with Crippen LogP contribution >= 0.6 is 0 Å². The Balaban J connectivity index is 2.40. The highest BCUT2D eigenvalue weighted by Crippen LogP contribution is 2.22. The fourth-order valence-electron chi connectivity index (χ4n) is 1.85. The van der Waals surface area contributed by atoms with Crippen molar-refractivity contribution in [3.05, 3.63) is 23.9 Å². The van der Waals surface area contributed by atoms with Crippen LogP contribution in [0.2, 0.25) is 0 Å². The second kappa shape index (κ2) is 4.34. The van der Waals surface area contributed by atoms with E-state index in [1.165, 1.54) is 17.2 Å². The Morgan fingerprint density at radius 1 is 1.47 bits per heavy atom. The summed E-state index contributed by atoms with van der Waals surface area (Å²) >= 11 is 0. The molecular weight excluding hydrogens is 248 g/mol. The second-order valence-electron chi connectivity index (χ2n) is 4.76. The summed E-state index contributed by atoms with van der Waals surface area (Å²) in [4.78, 5) is 40.6. The number of imide groups is 1. The zero-order valence-electron chi connectivity index (χ0n) is 10.6. The van der Waals surface area contributed by atoms with Gasteiger partial charge in [-0.25, -0.2) is 4.98 Å². The van der Waals surface area contributed by atoms with Crippen LogP contribution in [0.4, 0.5) is 5.82 Å². The van der Waals surface area contributed by atoms with Gasteiger partial charge in [0, 0.05) is 6.20 Å². The van der Waals surface area contributed by atoms with Crippen LogP contribution in [0.15, 0.2) is 18.3 Å². The largest absolute Gasteiger partial charge is 0.383 e. The molecular formula is C12H14N4O3. The second-order valence-corrected chi connectivity index (χ2v) is 4.76. The highest BCUT2D eigenvalue weighted by Gasteiger charge is 2.44. The summed E-state index contributed by atoms with van der Waals surface area (Å²) in [6, 6.07) is 3.08. The fourth-order valence-corrected chi connectivity index (χ4v) is 1.85. The number of carbonyl (C=O) groups excluding carboxylic acids is 3. The van der Waals surface area contributed by atoms with Crippen LogP contribution < -0.4 is 11.1 Å². The molecule has 7 nitrogen and oxygen atoms in total. The molecule has 3 N–H and O–H groups in total. The lowest BCUT2D eigenvalue weighted by molar-refractivity contribution is -0.143. The third kappa shape index (κ3) is 2.14. The molecule has 0 aromatic carbocycles. The standard InChI is InChI=1S/C12H14N4O3/c1-12(2)11(19)15-8(17)6-16(12)10(18)7-4-3-5-14-9(7)13/h3-5H,6H2,1-2H3,(H2,13,14)(H,15,17,19). The number of hydrogen-bond donors (Lipinski definition) is 2. The molecule has 0 radical (unpaired) electrons. The van der Waals surface area contributed by atoms with Crippen LogP contribution in [0.5, 0.6) is 0 Å². The van der Waals surface area contributed by atoms with E-state index in [1.54, 1.807) is 19.9 Å². The van der Waals surface area contributed by atoms with Crippen molar-refractivity contribution in [3.8, 4) is 0 Å². The van der Waals surface area contributed by atoms with E-state index < -0.39 is 23.3 Å². The van der Waals surface area contributed by atoms with Gasteiger partial charge >= 0.3 is 0 Å². The van der Waals surface area contributed by atoms with Crippen molar-refractivity contribution >= 4 is 23.5 Å². The molecule has 0 aliphatic carbocycles. The lowest BCUT2D eigenvalue weighted by atomic mass is 9.97. The van der Waals surface area contributed by atoms with Gasteiger partial charge in [0.1, 0.15) is 17.9 Å². The average molecular weight is 262 g/mol. The summed E-state index contributed by atoms with van der Waals surface area (Å²) in [5.74, 6) is -1.44. The molecule has 1 aromatic heterocycles. The molecule has 0 unspecified atom stereocenters. The molecule has 3 amide bonds. The quantitative estimate of drug-likeness (QED) is 0.666. The van der Waals surface area contributed by atoms with Crippen molar-refractivity contribution in [2.45, 2.75) is 19.4 Å². The van der Waals surface area contributed by atoms with Gasteiger partial charge in [0.2, 0.25) is 5.91 Å². The lowest BCUT2D eigenvalue weighted by Gasteiger charge is -2.40. The Kier molecular flexibility index (Phi) is 2.97. The number of nitrogens with two attached hydrogens (primary N) is 1. The van der Waals surface area contributed by atoms with E-state index in [9.17, 15) is 14.4 Å². The first-order valence-corrected chi connectivity index (χ1v) is 5.71.